The molecule has 2 heterocycles. The number of hydrogen-bond acceptors (Lipinski definition) is 9. The van der Waals surface area contributed by atoms with E-state index in [1.54, 1.807) is 13.1 Å². The summed E-state index contributed by atoms with van der Waals surface area (Å²) in [4.78, 5) is 26.9. The maximum atomic E-state index is 12.2. The van der Waals surface area contributed by atoms with Crippen LogP contribution in [-0.2, 0) is 11.3 Å². The lowest BCUT2D eigenvalue weighted by Gasteiger charge is -2.20. The number of rotatable bonds is 9. The Labute approximate surface area is 210 Å². The number of aromatic nitrogens is 3. The van der Waals surface area contributed by atoms with Crippen LogP contribution in [0.1, 0.15) is 47.1 Å². The van der Waals surface area contributed by atoms with Crippen molar-refractivity contribution >= 4 is 28.5 Å². The molecule has 0 aliphatic carbocycles. The topological polar surface area (TPSA) is 121 Å². The minimum Gasteiger partial charge on any atom is -0.444 e. The van der Waals surface area contributed by atoms with Crippen LogP contribution >= 0.6 is 11.3 Å². The highest BCUT2D eigenvalue weighted by Gasteiger charge is 2.18. The van der Waals surface area contributed by atoms with Crippen LogP contribution in [0.15, 0.2) is 36.5 Å². The number of thiazole rings is 1. The van der Waals surface area contributed by atoms with E-state index in [4.69, 9.17) is 9.72 Å². The SMILES string of the molecule is CC(O)CNc1nc(-c2cnc(NC(C)C)s2)cc(-c2ccccc2CNC(=O)OC(C)(C)C)n1. The predicted molar refractivity (Wildman–Crippen MR) is 141 cm³/mol. The summed E-state index contributed by atoms with van der Waals surface area (Å²) in [5, 5.41) is 19.8. The molecular formula is C25H34N6O3S. The van der Waals surface area contributed by atoms with Gasteiger partial charge in [-0.3, -0.25) is 0 Å². The van der Waals surface area contributed by atoms with Crippen molar-refractivity contribution < 1.29 is 14.6 Å². The van der Waals surface area contributed by atoms with Crippen molar-refractivity contribution in [1.29, 1.82) is 0 Å². The molecule has 0 fully saturated rings. The molecule has 0 radical (unpaired) electrons. The molecular weight excluding hydrogens is 464 g/mol. The Morgan fingerprint density at radius 1 is 1.14 bits per heavy atom. The van der Waals surface area contributed by atoms with E-state index in [0.29, 0.717) is 23.9 Å². The molecule has 0 spiro atoms. The van der Waals surface area contributed by atoms with Gasteiger partial charge >= 0.3 is 6.09 Å². The normalized spacial score (nSPS) is 12.3. The number of aliphatic hydroxyl groups is 1. The number of anilines is 2. The summed E-state index contributed by atoms with van der Waals surface area (Å²) in [6, 6.07) is 9.91. The number of carbonyl (C=O) groups is 1. The number of nitrogens with one attached hydrogen (secondary N) is 3. The number of benzene rings is 1. The van der Waals surface area contributed by atoms with Crippen LogP contribution in [0.5, 0.6) is 0 Å². The van der Waals surface area contributed by atoms with Crippen LogP contribution in [0.25, 0.3) is 21.8 Å². The van der Waals surface area contributed by atoms with Crippen molar-refractivity contribution in [3.63, 3.8) is 0 Å². The van der Waals surface area contributed by atoms with Crippen molar-refractivity contribution in [3.8, 4) is 21.8 Å². The summed E-state index contributed by atoms with van der Waals surface area (Å²) in [6.07, 6.45) is 0.752. The van der Waals surface area contributed by atoms with E-state index in [0.717, 1.165) is 21.1 Å². The minimum absolute atomic E-state index is 0.266. The van der Waals surface area contributed by atoms with Gasteiger partial charge in [-0.25, -0.2) is 19.7 Å². The fraction of sp³-hybridized carbons (Fsp3) is 0.440. The summed E-state index contributed by atoms with van der Waals surface area (Å²) in [7, 11) is 0. The third kappa shape index (κ3) is 8.18. The second kappa shape index (κ2) is 11.5. The molecule has 3 rings (SSSR count). The van der Waals surface area contributed by atoms with Gasteiger partial charge in [0.2, 0.25) is 5.95 Å². The number of hydrogen-bond donors (Lipinski definition) is 4. The fourth-order valence-electron chi connectivity index (χ4n) is 3.14. The Hall–Kier alpha value is -3.24. The fourth-order valence-corrected chi connectivity index (χ4v) is 4.06. The summed E-state index contributed by atoms with van der Waals surface area (Å²) in [5.41, 5.74) is 2.57. The Balaban J connectivity index is 1.95. The number of nitrogens with zero attached hydrogens (tertiary/aromatic N) is 3. The number of carbonyl (C=O) groups excluding carboxylic acids is 1. The van der Waals surface area contributed by atoms with Crippen LogP contribution in [0.4, 0.5) is 15.9 Å². The van der Waals surface area contributed by atoms with Crippen molar-refractivity contribution in [2.24, 2.45) is 0 Å². The highest BCUT2D eigenvalue weighted by atomic mass is 32.1. The van der Waals surface area contributed by atoms with Gasteiger partial charge < -0.3 is 25.8 Å². The first-order valence-corrected chi connectivity index (χ1v) is 12.4. The van der Waals surface area contributed by atoms with Crippen molar-refractivity contribution in [3.05, 3.63) is 42.1 Å². The maximum absolute atomic E-state index is 12.2. The summed E-state index contributed by atoms with van der Waals surface area (Å²) in [5.74, 6) is 0.403. The molecule has 1 atom stereocenters. The van der Waals surface area contributed by atoms with Crippen molar-refractivity contribution in [2.75, 3.05) is 17.2 Å². The van der Waals surface area contributed by atoms with Crippen LogP contribution in [-0.4, -0.2) is 50.4 Å². The number of ether oxygens (including phenoxy) is 1. The van der Waals surface area contributed by atoms with Crippen LogP contribution in [0.3, 0.4) is 0 Å². The first-order chi connectivity index (χ1) is 16.5. The molecule has 0 bridgehead atoms. The second-order valence-electron chi connectivity index (χ2n) is 9.53. The molecule has 0 saturated heterocycles. The largest absolute Gasteiger partial charge is 0.444 e. The van der Waals surface area contributed by atoms with Gasteiger partial charge in [-0.2, -0.15) is 0 Å². The summed E-state index contributed by atoms with van der Waals surface area (Å²) >= 11 is 1.51. The van der Waals surface area contributed by atoms with Crippen LogP contribution < -0.4 is 16.0 Å². The molecule has 35 heavy (non-hydrogen) atoms. The van der Waals surface area contributed by atoms with E-state index in [2.05, 4.69) is 39.8 Å². The molecule has 3 aromatic rings. The molecule has 0 aliphatic heterocycles. The number of amides is 1. The first-order valence-electron chi connectivity index (χ1n) is 11.6. The van der Waals surface area contributed by atoms with Crippen LogP contribution in [0.2, 0.25) is 0 Å². The van der Waals surface area contributed by atoms with E-state index >= 15 is 0 Å². The van der Waals surface area contributed by atoms with Gasteiger partial charge in [0.25, 0.3) is 0 Å². The molecule has 4 N–H and O–H groups in total. The number of alkyl carbamates (subject to hydrolysis) is 1. The van der Waals surface area contributed by atoms with E-state index < -0.39 is 17.8 Å². The van der Waals surface area contributed by atoms with Gasteiger partial charge in [-0.05, 0) is 53.2 Å². The lowest BCUT2D eigenvalue weighted by Crippen LogP contribution is -2.32. The van der Waals surface area contributed by atoms with Gasteiger partial charge in [0, 0.05) is 30.9 Å². The third-order valence-electron chi connectivity index (χ3n) is 4.57. The second-order valence-corrected chi connectivity index (χ2v) is 10.6. The van der Waals surface area contributed by atoms with Gasteiger partial charge in [0.05, 0.1) is 22.4 Å². The monoisotopic (exact) mass is 498 g/mol. The van der Waals surface area contributed by atoms with Crippen molar-refractivity contribution in [1.82, 2.24) is 20.3 Å². The smallest absolute Gasteiger partial charge is 0.407 e. The average molecular weight is 499 g/mol. The van der Waals surface area contributed by atoms with Gasteiger partial charge in [-0.15, -0.1) is 0 Å². The zero-order chi connectivity index (χ0) is 25.6. The van der Waals surface area contributed by atoms with Crippen molar-refractivity contribution in [2.45, 2.75) is 65.8 Å². The van der Waals surface area contributed by atoms with E-state index in [9.17, 15) is 9.90 Å². The number of aliphatic hydroxyl groups excluding tert-OH is 1. The Bertz CT molecular complexity index is 1140. The average Bonchev–Trinajstić information content (AvgIpc) is 3.23. The Morgan fingerprint density at radius 2 is 1.86 bits per heavy atom. The quantitative estimate of drug-likeness (QED) is 0.329. The molecule has 9 nitrogen and oxygen atoms in total. The predicted octanol–water partition coefficient (Wildman–Crippen LogP) is 4.90. The molecule has 2 aromatic heterocycles. The molecule has 0 aliphatic rings. The third-order valence-corrected chi connectivity index (χ3v) is 5.52. The molecule has 1 amide bonds. The first kappa shape index (κ1) is 26.4. The Morgan fingerprint density at radius 3 is 2.54 bits per heavy atom. The van der Waals surface area contributed by atoms with Gasteiger partial charge in [0.1, 0.15) is 5.60 Å². The standard InChI is InChI=1S/C25H34N6O3S/c1-15(2)29-23-27-14-21(35-23)20-11-19(30-22(31-20)26-12-16(3)32)18-10-8-7-9-17(18)13-28-24(33)34-25(4,5)6/h7-11,14-16,32H,12-13H2,1-6H3,(H,27,29)(H,28,33)(H,26,30,31). The van der Waals surface area contributed by atoms with Gasteiger partial charge in [0.15, 0.2) is 5.13 Å². The molecule has 0 saturated carbocycles. The van der Waals surface area contributed by atoms with Crippen LogP contribution in [0, 0.1) is 0 Å². The van der Waals surface area contributed by atoms with E-state index in [1.165, 1.54) is 11.3 Å². The highest BCUT2D eigenvalue weighted by molar-refractivity contribution is 7.18. The Kier molecular flexibility index (Phi) is 8.63. The zero-order valence-corrected chi connectivity index (χ0v) is 21.9. The highest BCUT2D eigenvalue weighted by Crippen LogP contribution is 2.32. The maximum Gasteiger partial charge on any atom is 0.407 e. The lowest BCUT2D eigenvalue weighted by atomic mass is 10.0. The summed E-state index contributed by atoms with van der Waals surface area (Å²) in [6.45, 7) is 11.9. The molecule has 1 unspecified atom stereocenters. The molecule has 1 aromatic carbocycles. The minimum atomic E-state index is -0.576. The summed E-state index contributed by atoms with van der Waals surface area (Å²) < 4.78 is 5.36. The van der Waals surface area contributed by atoms with E-state index in [1.807, 2.05) is 51.1 Å². The van der Waals surface area contributed by atoms with E-state index in [-0.39, 0.29) is 12.6 Å². The van der Waals surface area contributed by atoms with Gasteiger partial charge in [-0.1, -0.05) is 35.6 Å². The molecule has 188 valence electrons. The lowest BCUT2D eigenvalue weighted by molar-refractivity contribution is 0.0523. The molecule has 10 heteroatoms. The zero-order valence-electron chi connectivity index (χ0n) is 21.0.